The van der Waals surface area contributed by atoms with Crippen LogP contribution in [0.1, 0.15) is 22.3 Å². The van der Waals surface area contributed by atoms with Gasteiger partial charge in [0.15, 0.2) is 6.61 Å². The van der Waals surface area contributed by atoms with Gasteiger partial charge in [0.1, 0.15) is 18.1 Å². The van der Waals surface area contributed by atoms with Crippen LogP contribution in [0, 0.1) is 6.92 Å². The number of esters is 1. The first-order valence-electron chi connectivity index (χ1n) is 13.0. The second-order valence-corrected chi connectivity index (χ2v) is 9.60. The van der Waals surface area contributed by atoms with Crippen molar-refractivity contribution in [1.29, 1.82) is 0 Å². The molecule has 0 fully saturated rings. The van der Waals surface area contributed by atoms with Gasteiger partial charge in [-0.1, -0.05) is 54.6 Å². The zero-order valence-electron chi connectivity index (χ0n) is 22.6. The highest BCUT2D eigenvalue weighted by atomic mass is 19.4. The minimum Gasteiger partial charge on any atom is -0.489 e. The zero-order chi connectivity index (χ0) is 29.0. The van der Waals surface area contributed by atoms with Crippen LogP contribution in [-0.2, 0) is 28.9 Å². The molecule has 0 amide bonds. The topological polar surface area (TPSA) is 49.7 Å². The average molecular weight is 560 g/mol. The number of carbonyl (C=O) groups is 1. The third-order valence-electron chi connectivity index (χ3n) is 6.87. The lowest BCUT2D eigenvalue weighted by atomic mass is 10.0. The van der Waals surface area contributed by atoms with Gasteiger partial charge >= 0.3 is 12.1 Å². The molecule has 5 aromatic rings. The summed E-state index contributed by atoms with van der Waals surface area (Å²) in [5.74, 6) is 0.750. The number of ether oxygens (including phenoxy) is 3. The number of carbonyl (C=O) groups excluding carboxylic acids is 1. The highest BCUT2D eigenvalue weighted by molar-refractivity contribution is 5.92. The maximum absolute atomic E-state index is 13.3. The highest BCUT2D eigenvalue weighted by Gasteiger charge is 2.30. The maximum Gasteiger partial charge on any atom is 0.416 e. The van der Waals surface area contributed by atoms with Gasteiger partial charge in [0.25, 0.3) is 0 Å². The summed E-state index contributed by atoms with van der Waals surface area (Å²) in [5, 5.41) is 0.948. The molecule has 0 atom stereocenters. The van der Waals surface area contributed by atoms with Crippen molar-refractivity contribution in [1.82, 2.24) is 4.57 Å². The fourth-order valence-electron chi connectivity index (χ4n) is 4.76. The molecule has 0 saturated heterocycles. The molecule has 5 rings (SSSR count). The zero-order valence-corrected chi connectivity index (χ0v) is 22.6. The van der Waals surface area contributed by atoms with Gasteiger partial charge in [0.05, 0.1) is 18.4 Å². The minimum atomic E-state index is -4.41. The molecule has 0 radical (unpaired) electrons. The van der Waals surface area contributed by atoms with Gasteiger partial charge in [0.2, 0.25) is 0 Å². The fourth-order valence-corrected chi connectivity index (χ4v) is 4.76. The van der Waals surface area contributed by atoms with E-state index in [0.717, 1.165) is 45.4 Å². The van der Waals surface area contributed by atoms with Gasteiger partial charge in [-0.05, 0) is 71.6 Å². The summed E-state index contributed by atoms with van der Waals surface area (Å²) >= 11 is 0. The lowest BCUT2D eigenvalue weighted by Crippen LogP contribution is -2.12. The Kier molecular flexibility index (Phi) is 8.01. The quantitative estimate of drug-likeness (QED) is 0.173. The molecule has 0 saturated carbocycles. The molecule has 8 heteroatoms. The second-order valence-electron chi connectivity index (χ2n) is 9.60. The van der Waals surface area contributed by atoms with E-state index in [1.807, 2.05) is 67.6 Å². The molecule has 1 heterocycles. The standard InChI is InChI=1S/C33H28F3NO4/c1-22-29-18-28(40-20-24-6-4-3-5-7-24)16-17-30(29)37(32(22)25-10-12-26(13-11-25)33(34,35)36)19-23-8-14-27(15-9-23)41-21-31(38)39-2/h3-18H,19-21H2,1-2H3. The molecule has 0 aliphatic carbocycles. The Hall–Kier alpha value is -4.72. The van der Waals surface area contributed by atoms with Crippen LogP contribution < -0.4 is 9.47 Å². The van der Waals surface area contributed by atoms with Crippen molar-refractivity contribution >= 4 is 16.9 Å². The Balaban J connectivity index is 1.50. The highest BCUT2D eigenvalue weighted by Crippen LogP contribution is 2.37. The number of rotatable bonds is 9. The van der Waals surface area contributed by atoms with Crippen LogP contribution in [0.15, 0.2) is 97.1 Å². The van der Waals surface area contributed by atoms with Crippen molar-refractivity contribution in [2.75, 3.05) is 13.7 Å². The lowest BCUT2D eigenvalue weighted by molar-refractivity contribution is -0.143. The second kappa shape index (κ2) is 11.8. The summed E-state index contributed by atoms with van der Waals surface area (Å²) in [6, 6.07) is 28.3. The first-order valence-corrected chi connectivity index (χ1v) is 13.0. The number of hydrogen-bond acceptors (Lipinski definition) is 4. The number of methoxy groups -OCH3 is 1. The number of benzene rings is 4. The Morgan fingerprint density at radius 1 is 0.805 bits per heavy atom. The van der Waals surface area contributed by atoms with Crippen LogP contribution >= 0.6 is 0 Å². The molecule has 5 nitrogen and oxygen atoms in total. The summed E-state index contributed by atoms with van der Waals surface area (Å²) in [4.78, 5) is 11.4. The smallest absolute Gasteiger partial charge is 0.416 e. The van der Waals surface area contributed by atoms with Crippen LogP contribution in [0.25, 0.3) is 22.2 Å². The molecular formula is C33H28F3NO4. The molecule has 1 aromatic heterocycles. The van der Waals surface area contributed by atoms with Crippen molar-refractivity contribution in [2.45, 2.75) is 26.3 Å². The number of aromatic nitrogens is 1. The number of alkyl halides is 3. The molecule has 0 bridgehead atoms. The van der Waals surface area contributed by atoms with E-state index in [4.69, 9.17) is 9.47 Å². The van der Waals surface area contributed by atoms with Crippen LogP contribution in [0.5, 0.6) is 11.5 Å². The Labute approximate surface area is 235 Å². The van der Waals surface area contributed by atoms with Gasteiger partial charge in [-0.2, -0.15) is 13.2 Å². The first kappa shape index (κ1) is 27.8. The van der Waals surface area contributed by atoms with Crippen LogP contribution in [0.2, 0.25) is 0 Å². The predicted octanol–water partition coefficient (Wildman–Crippen LogP) is 7.81. The third-order valence-corrected chi connectivity index (χ3v) is 6.87. The van der Waals surface area contributed by atoms with Crippen molar-refractivity contribution in [2.24, 2.45) is 0 Å². The van der Waals surface area contributed by atoms with Gasteiger partial charge in [-0.25, -0.2) is 4.79 Å². The van der Waals surface area contributed by atoms with E-state index >= 15 is 0 Å². The van der Waals surface area contributed by atoms with Crippen LogP contribution in [-0.4, -0.2) is 24.3 Å². The Morgan fingerprint density at radius 2 is 1.49 bits per heavy atom. The van der Waals surface area contributed by atoms with Gasteiger partial charge < -0.3 is 18.8 Å². The molecule has 0 N–H and O–H groups in total. The predicted molar refractivity (Wildman–Crippen MR) is 151 cm³/mol. The van der Waals surface area contributed by atoms with Gasteiger partial charge in [-0.15, -0.1) is 0 Å². The molecule has 210 valence electrons. The number of halogens is 3. The van der Waals surface area contributed by atoms with E-state index < -0.39 is 17.7 Å². The van der Waals surface area contributed by atoms with E-state index in [2.05, 4.69) is 9.30 Å². The normalized spacial score (nSPS) is 11.4. The summed E-state index contributed by atoms with van der Waals surface area (Å²) in [6.45, 7) is 2.66. The van der Waals surface area contributed by atoms with E-state index in [9.17, 15) is 18.0 Å². The number of nitrogens with zero attached hydrogens (tertiary/aromatic N) is 1. The van der Waals surface area contributed by atoms with E-state index in [1.54, 1.807) is 12.1 Å². The van der Waals surface area contributed by atoms with Gasteiger partial charge in [-0.3, -0.25) is 0 Å². The summed E-state index contributed by atoms with van der Waals surface area (Å²) in [7, 11) is 1.30. The Morgan fingerprint density at radius 3 is 2.15 bits per heavy atom. The first-order chi connectivity index (χ1) is 19.7. The Bertz CT molecular complexity index is 1640. The minimum absolute atomic E-state index is 0.190. The van der Waals surface area contributed by atoms with E-state index in [-0.39, 0.29) is 6.61 Å². The van der Waals surface area contributed by atoms with Crippen molar-refractivity contribution < 1.29 is 32.2 Å². The van der Waals surface area contributed by atoms with Crippen molar-refractivity contribution in [3.63, 3.8) is 0 Å². The van der Waals surface area contributed by atoms with E-state index in [0.29, 0.717) is 30.2 Å². The van der Waals surface area contributed by atoms with Gasteiger partial charge in [0, 0.05) is 17.4 Å². The largest absolute Gasteiger partial charge is 0.489 e. The summed E-state index contributed by atoms with van der Waals surface area (Å²) in [5.41, 5.74) is 4.66. The molecular weight excluding hydrogens is 531 g/mol. The SMILES string of the molecule is COC(=O)COc1ccc(Cn2c(-c3ccc(C(F)(F)F)cc3)c(C)c3cc(OCc4ccccc4)ccc32)cc1. The fraction of sp³-hybridized carbons (Fsp3) is 0.182. The van der Waals surface area contributed by atoms with Crippen molar-refractivity contribution in [3.8, 4) is 22.8 Å². The molecule has 4 aromatic carbocycles. The molecule has 0 spiro atoms. The third kappa shape index (κ3) is 6.38. The van der Waals surface area contributed by atoms with E-state index in [1.165, 1.54) is 19.2 Å². The lowest BCUT2D eigenvalue weighted by Gasteiger charge is -2.14. The van der Waals surface area contributed by atoms with Crippen LogP contribution in [0.3, 0.4) is 0 Å². The summed E-state index contributed by atoms with van der Waals surface area (Å²) in [6.07, 6.45) is -4.41. The van der Waals surface area contributed by atoms with Crippen LogP contribution in [0.4, 0.5) is 13.2 Å². The molecule has 0 unspecified atom stereocenters. The monoisotopic (exact) mass is 559 g/mol. The average Bonchev–Trinajstić information content (AvgIpc) is 3.25. The molecule has 41 heavy (non-hydrogen) atoms. The number of hydrogen-bond donors (Lipinski definition) is 0. The number of fused-ring (bicyclic) bond motifs is 1. The molecule has 0 aliphatic rings. The van der Waals surface area contributed by atoms with Crippen molar-refractivity contribution in [3.05, 3.63) is 119 Å². The number of aryl methyl sites for hydroxylation is 1. The summed E-state index contributed by atoms with van der Waals surface area (Å²) < 4.78 is 58.0. The maximum atomic E-state index is 13.3. The molecule has 0 aliphatic heterocycles.